The number of urea groups is 1. The van der Waals surface area contributed by atoms with Crippen LogP contribution >= 0.6 is 0 Å². The molecule has 5 rings (SSSR count). The second kappa shape index (κ2) is 12.0. The first kappa shape index (κ1) is 26.9. The van der Waals surface area contributed by atoms with Crippen molar-refractivity contribution in [2.75, 3.05) is 52.7 Å². The Bertz CT molecular complexity index is 1220. The van der Waals surface area contributed by atoms with Gasteiger partial charge in [-0.05, 0) is 49.2 Å². The van der Waals surface area contributed by atoms with Crippen LogP contribution in [0.25, 0.3) is 0 Å². The summed E-state index contributed by atoms with van der Waals surface area (Å²) in [6.45, 7) is 7.70. The smallest absolute Gasteiger partial charge is 0.318 e. The molecule has 1 unspecified atom stereocenters. The minimum absolute atomic E-state index is 0.0743. The summed E-state index contributed by atoms with van der Waals surface area (Å²) in [6, 6.07) is 10.8. The van der Waals surface area contributed by atoms with Crippen molar-refractivity contribution in [3.05, 3.63) is 59.4 Å². The van der Waals surface area contributed by atoms with Gasteiger partial charge in [0, 0.05) is 38.6 Å². The van der Waals surface area contributed by atoms with Crippen LogP contribution in [0.15, 0.2) is 47.6 Å². The van der Waals surface area contributed by atoms with Crippen molar-refractivity contribution in [2.45, 2.75) is 32.4 Å². The first-order valence-electron chi connectivity index (χ1n) is 13.3. The molecule has 1 fully saturated rings. The van der Waals surface area contributed by atoms with Gasteiger partial charge in [0.05, 0.1) is 25.0 Å². The zero-order valence-electron chi connectivity index (χ0n) is 22.3. The predicted molar refractivity (Wildman–Crippen MR) is 142 cm³/mol. The topological polar surface area (TPSA) is 95.9 Å². The molecule has 0 radical (unpaired) electrons. The van der Waals surface area contributed by atoms with Gasteiger partial charge in [-0.15, -0.1) is 0 Å². The minimum Gasteiger partial charge on any atom is -0.454 e. The molecule has 11 heteroatoms. The maximum Gasteiger partial charge on any atom is 0.318 e. The number of fused-ring (bicyclic) bond motifs is 1. The van der Waals surface area contributed by atoms with Gasteiger partial charge in [0.1, 0.15) is 12.4 Å². The number of nitrogens with zero attached hydrogens (tertiary/aromatic N) is 4. The van der Waals surface area contributed by atoms with Crippen molar-refractivity contribution in [2.24, 2.45) is 5.10 Å². The van der Waals surface area contributed by atoms with Crippen molar-refractivity contribution in [1.29, 1.82) is 0 Å². The highest BCUT2D eigenvalue weighted by atomic mass is 19.1. The Labute approximate surface area is 227 Å². The van der Waals surface area contributed by atoms with Crippen LogP contribution in [0.2, 0.25) is 0 Å². The lowest BCUT2D eigenvalue weighted by Crippen LogP contribution is -2.50. The van der Waals surface area contributed by atoms with Gasteiger partial charge in [0.2, 0.25) is 6.79 Å². The van der Waals surface area contributed by atoms with Gasteiger partial charge in [-0.3, -0.25) is 9.69 Å². The van der Waals surface area contributed by atoms with Gasteiger partial charge in [-0.25, -0.2) is 14.2 Å². The highest BCUT2D eigenvalue weighted by molar-refractivity contribution is 6.03. The molecular weight excluding hydrogens is 505 g/mol. The number of amides is 3. The molecule has 0 saturated carbocycles. The Morgan fingerprint density at radius 2 is 1.85 bits per heavy atom. The fraction of sp³-hybridized carbons (Fsp3) is 0.464. The Balaban J connectivity index is 1.38. The highest BCUT2D eigenvalue weighted by Crippen LogP contribution is 2.39. The molecule has 3 amide bonds. The summed E-state index contributed by atoms with van der Waals surface area (Å²) in [4.78, 5) is 30.6. The molecule has 1 atom stereocenters. The van der Waals surface area contributed by atoms with E-state index in [0.717, 1.165) is 24.2 Å². The van der Waals surface area contributed by atoms with Crippen molar-refractivity contribution in [3.8, 4) is 11.5 Å². The van der Waals surface area contributed by atoms with Crippen LogP contribution < -0.4 is 14.8 Å². The number of benzene rings is 2. The van der Waals surface area contributed by atoms with Crippen molar-refractivity contribution in [1.82, 2.24) is 20.1 Å². The second-order valence-electron chi connectivity index (χ2n) is 10.1. The number of ether oxygens (including phenoxy) is 3. The summed E-state index contributed by atoms with van der Waals surface area (Å²) in [6.07, 6.45) is 0.434. The van der Waals surface area contributed by atoms with Gasteiger partial charge in [0.15, 0.2) is 11.5 Å². The zero-order chi connectivity index (χ0) is 27.4. The Hall–Kier alpha value is -3.70. The van der Waals surface area contributed by atoms with Gasteiger partial charge in [-0.2, -0.15) is 5.10 Å². The van der Waals surface area contributed by atoms with Gasteiger partial charge >= 0.3 is 6.03 Å². The van der Waals surface area contributed by atoms with E-state index in [-0.39, 0.29) is 37.1 Å². The largest absolute Gasteiger partial charge is 0.454 e. The molecular formula is C28H34FN5O5. The Morgan fingerprint density at radius 3 is 2.59 bits per heavy atom. The van der Waals surface area contributed by atoms with E-state index >= 15 is 0 Å². The molecule has 1 saturated heterocycles. The normalized spacial score (nSPS) is 18.8. The Morgan fingerprint density at radius 1 is 1.10 bits per heavy atom. The van der Waals surface area contributed by atoms with E-state index in [1.807, 2.05) is 32.0 Å². The number of rotatable bonds is 8. The number of carbonyl (C=O) groups excluding carboxylic acids is 2. The molecule has 10 nitrogen and oxygen atoms in total. The summed E-state index contributed by atoms with van der Waals surface area (Å²) >= 11 is 0. The predicted octanol–water partition coefficient (Wildman–Crippen LogP) is 2.98. The number of carbonyl (C=O) groups is 2. The first-order valence-corrected chi connectivity index (χ1v) is 13.3. The van der Waals surface area contributed by atoms with E-state index in [0.29, 0.717) is 49.9 Å². The number of hydrogen-bond acceptors (Lipinski definition) is 7. The van der Waals surface area contributed by atoms with Gasteiger partial charge < -0.3 is 24.4 Å². The summed E-state index contributed by atoms with van der Waals surface area (Å²) in [5.74, 6) is 0.605. The molecule has 39 heavy (non-hydrogen) atoms. The monoisotopic (exact) mass is 539 g/mol. The van der Waals surface area contributed by atoms with Gasteiger partial charge in [-0.1, -0.05) is 18.2 Å². The number of hydrazone groups is 1. The molecule has 0 bridgehead atoms. The lowest BCUT2D eigenvalue weighted by Gasteiger charge is -2.31. The fourth-order valence-electron chi connectivity index (χ4n) is 4.85. The molecule has 2 aromatic rings. The summed E-state index contributed by atoms with van der Waals surface area (Å²) < 4.78 is 30.0. The SMILES string of the molecule is CC(C)NC(=O)N(CCN1CCOCC1)CC(=O)N1N=C(c2ccc(F)cc2)CC1c1ccc2c(c1)OCO2. The molecule has 3 aliphatic heterocycles. The maximum atomic E-state index is 13.8. The van der Waals surface area contributed by atoms with E-state index in [1.54, 1.807) is 17.0 Å². The molecule has 3 aliphatic rings. The van der Waals surface area contributed by atoms with E-state index in [9.17, 15) is 14.0 Å². The quantitative estimate of drug-likeness (QED) is 0.554. The molecule has 0 aromatic heterocycles. The molecule has 3 heterocycles. The van der Waals surface area contributed by atoms with Crippen LogP contribution in [0, 0.1) is 5.82 Å². The highest BCUT2D eigenvalue weighted by Gasteiger charge is 2.35. The average Bonchev–Trinajstić information content (AvgIpc) is 3.59. The number of halogens is 1. The van der Waals surface area contributed by atoms with Crippen molar-refractivity contribution < 1.29 is 28.2 Å². The maximum absolute atomic E-state index is 13.8. The van der Waals surface area contributed by atoms with E-state index in [2.05, 4.69) is 15.3 Å². The standard InChI is InChI=1S/C28H34FN5O5/c1-19(2)30-28(36)33(10-9-32-11-13-37-14-12-32)17-27(35)34-24(21-5-8-25-26(15-21)39-18-38-25)16-23(31-34)20-3-6-22(29)7-4-20/h3-8,15,19,24H,9-14,16-18H2,1-2H3,(H,30,36). The van der Waals surface area contributed by atoms with Crippen LogP contribution in [0.5, 0.6) is 11.5 Å². The number of hydrogen-bond donors (Lipinski definition) is 1. The van der Waals surface area contributed by atoms with E-state index < -0.39 is 6.04 Å². The van der Waals surface area contributed by atoms with E-state index in [1.165, 1.54) is 17.1 Å². The third kappa shape index (κ3) is 6.48. The summed E-state index contributed by atoms with van der Waals surface area (Å²) in [5, 5.41) is 9.04. The van der Waals surface area contributed by atoms with Crippen LogP contribution in [0.3, 0.4) is 0 Å². The molecule has 208 valence electrons. The van der Waals surface area contributed by atoms with Crippen molar-refractivity contribution >= 4 is 17.6 Å². The minimum atomic E-state index is -0.415. The van der Waals surface area contributed by atoms with Gasteiger partial charge in [0.25, 0.3) is 5.91 Å². The number of morpholine rings is 1. The average molecular weight is 540 g/mol. The first-order chi connectivity index (χ1) is 18.9. The lowest BCUT2D eigenvalue weighted by atomic mass is 9.98. The Kier molecular flexibility index (Phi) is 8.27. The summed E-state index contributed by atoms with van der Waals surface area (Å²) in [7, 11) is 0. The summed E-state index contributed by atoms with van der Waals surface area (Å²) in [5.41, 5.74) is 2.23. The third-order valence-corrected chi connectivity index (χ3v) is 6.94. The molecule has 2 aromatic carbocycles. The van der Waals surface area contributed by atoms with E-state index in [4.69, 9.17) is 14.2 Å². The molecule has 0 aliphatic carbocycles. The van der Waals surface area contributed by atoms with Crippen LogP contribution in [-0.2, 0) is 9.53 Å². The van der Waals surface area contributed by atoms with Crippen LogP contribution in [0.1, 0.15) is 37.4 Å². The third-order valence-electron chi connectivity index (χ3n) is 6.94. The number of nitrogens with one attached hydrogen (secondary N) is 1. The van der Waals surface area contributed by atoms with Crippen LogP contribution in [0.4, 0.5) is 9.18 Å². The van der Waals surface area contributed by atoms with Crippen molar-refractivity contribution in [3.63, 3.8) is 0 Å². The fourth-order valence-corrected chi connectivity index (χ4v) is 4.85. The second-order valence-corrected chi connectivity index (χ2v) is 10.1. The molecule has 0 spiro atoms. The lowest BCUT2D eigenvalue weighted by molar-refractivity contribution is -0.133. The zero-order valence-corrected chi connectivity index (χ0v) is 22.3. The van der Waals surface area contributed by atoms with Crippen LogP contribution in [-0.4, -0.2) is 91.2 Å². The molecule has 1 N–H and O–H groups in total.